The number of oxime groups is 4. The van der Waals surface area contributed by atoms with E-state index in [2.05, 4.69) is 20.6 Å². The van der Waals surface area contributed by atoms with Crippen LogP contribution in [0.15, 0.2) is 203 Å². The molecular formula is C100H118Cl2N8O24. The lowest BCUT2D eigenvalue weighted by Gasteiger charge is -2.25. The van der Waals surface area contributed by atoms with Crippen LogP contribution in [0.3, 0.4) is 0 Å². The average molecular weight is 1890 g/mol. The molecule has 4 amide bonds. The molecule has 8 heterocycles. The number of esters is 4. The monoisotopic (exact) mass is 1880 g/mol. The summed E-state index contributed by atoms with van der Waals surface area (Å²) in [5, 5.41) is 97.8. The Morgan fingerprint density at radius 3 is 0.776 bits per heavy atom. The molecule has 8 atom stereocenters. The summed E-state index contributed by atoms with van der Waals surface area (Å²) >= 11 is 12.6. The van der Waals surface area contributed by atoms with E-state index < -0.39 is 35.4 Å². The van der Waals surface area contributed by atoms with Gasteiger partial charge in [-0.05, 0) is 191 Å². The van der Waals surface area contributed by atoms with Gasteiger partial charge in [0.1, 0.15) is 68.2 Å². The van der Waals surface area contributed by atoms with Gasteiger partial charge in [-0.3, -0.25) is 19.2 Å². The highest BCUT2D eigenvalue weighted by molar-refractivity contribution is 6.34. The first kappa shape index (κ1) is 104. The van der Waals surface area contributed by atoms with E-state index in [0.29, 0.717) is 59.7 Å². The predicted octanol–water partition coefficient (Wildman–Crippen LogP) is 15.9. The quantitative estimate of drug-likeness (QED) is 0.0283. The number of hydrogen-bond acceptors (Lipinski definition) is 28. The molecule has 0 saturated heterocycles. The van der Waals surface area contributed by atoms with Gasteiger partial charge in [-0.15, -0.1) is 0 Å². The van der Waals surface area contributed by atoms with Gasteiger partial charge in [0.2, 0.25) is 0 Å². The van der Waals surface area contributed by atoms with Gasteiger partial charge < -0.3 is 98.7 Å². The molecule has 12 rings (SSSR count). The molecule has 0 saturated carbocycles. The van der Waals surface area contributed by atoms with E-state index in [4.69, 9.17) is 61.5 Å². The molecule has 134 heavy (non-hydrogen) atoms. The molecule has 8 unspecified atom stereocenters. The fraction of sp³-hybridized carbons (Fsp3) is 0.400. The van der Waals surface area contributed by atoms with E-state index in [1.165, 1.54) is 12.1 Å². The van der Waals surface area contributed by atoms with E-state index in [1.54, 1.807) is 43.9 Å². The van der Waals surface area contributed by atoms with Crippen LogP contribution < -0.4 is 0 Å². The van der Waals surface area contributed by atoms with E-state index in [1.807, 2.05) is 177 Å². The topological polar surface area (TPSA) is 435 Å². The fourth-order valence-electron chi connectivity index (χ4n) is 15.5. The van der Waals surface area contributed by atoms with Crippen LogP contribution in [-0.4, -0.2) is 232 Å². The van der Waals surface area contributed by atoms with Gasteiger partial charge >= 0.3 is 23.9 Å². The Bertz CT molecular complexity index is 5010. The molecule has 0 bridgehead atoms. The van der Waals surface area contributed by atoms with E-state index in [-0.39, 0.29) is 228 Å². The van der Waals surface area contributed by atoms with Crippen molar-refractivity contribution in [2.24, 2.45) is 20.6 Å². The lowest BCUT2D eigenvalue weighted by atomic mass is 9.99. The number of cyclic esters (lactones) is 4. The van der Waals surface area contributed by atoms with Crippen LogP contribution in [-0.2, 0) is 83.2 Å². The lowest BCUT2D eigenvalue weighted by Crippen LogP contribution is -2.41. The summed E-state index contributed by atoms with van der Waals surface area (Å²) < 4.78 is 21.1. The SMILES string of the molecule is CC1C=CC(C)N1C(=O)CO/N=C1/C=C/CC/C=C/CCOC(=O)c2c(O)cc(O)c(Cl)c2C1.CC1C=CC(C)N1C(=O)CO/N=C1/C=C/CC/C=C/CCOC(=O)c2c(O)cc(O)cc2C1.CC1C=CC(C)N1C(=O)CO/N=C1\C=C\CC/C=C/CCOC(=O)c2c(O)cc(O)c(Cl)c2C1.CC1C=CC(C)N1C(=O)CO/N=C1\C=C\CC/C=C/CCOC(=O)c2c(O)cc(O)cc2C1. The van der Waals surface area contributed by atoms with Crippen molar-refractivity contribution in [3.63, 3.8) is 0 Å². The Morgan fingerprint density at radius 1 is 0.306 bits per heavy atom. The maximum absolute atomic E-state index is 12.7. The number of phenols is 8. The Kier molecular flexibility index (Phi) is 40.8. The van der Waals surface area contributed by atoms with Gasteiger partial charge in [0.15, 0.2) is 26.4 Å². The second-order valence-electron chi connectivity index (χ2n) is 32.5. The summed E-state index contributed by atoms with van der Waals surface area (Å²) in [7, 11) is 0. The molecule has 8 aliphatic heterocycles. The van der Waals surface area contributed by atoms with Crippen molar-refractivity contribution in [1.29, 1.82) is 0 Å². The zero-order chi connectivity index (χ0) is 96.9. The number of benzene rings is 4. The maximum atomic E-state index is 12.7. The second-order valence-corrected chi connectivity index (χ2v) is 33.2. The van der Waals surface area contributed by atoms with Gasteiger partial charge in [-0.2, -0.15) is 0 Å². The normalized spacial score (nSPS) is 24.4. The number of nitrogens with zero attached hydrogens (tertiary/aromatic N) is 8. The van der Waals surface area contributed by atoms with Crippen molar-refractivity contribution >= 4 is 93.6 Å². The van der Waals surface area contributed by atoms with Crippen LogP contribution in [0.5, 0.6) is 46.0 Å². The standard InChI is InChI=1S/2C25H29ClN2O6.2C25H30N2O6/c2*1-16-10-11-17(2)28(16)22(31)15-34-27-18-9-7-5-3-4-6-8-12-33-25(32)23-19(13-18)24(26)21(30)14-20(23)29;2*1-17-10-11-18(2)27(17)23(30)16-33-26-20-9-7-5-3-4-6-8-12-32-25(31)24-19(13-20)14-21(28)15-22(24)29/h2*4,6-7,9-11,14,16-17,29-30H,3,5,8,12-13,15H2,1-2H3;2*4,6-7,9-11,14-15,17-18,28-29H,3,5,8,12-13,16H2,1-2H3/b6-4+,9-7+,27-18+;6-4+,9-7+,27-18-;6-4+,9-7+,26-20+;6-4+,9-7+,26-20-. The Hall–Kier alpha value is -13.6. The number of allylic oxidation sites excluding steroid dienone is 12. The molecule has 0 aromatic heterocycles. The molecule has 4 aromatic carbocycles. The van der Waals surface area contributed by atoms with Crippen LogP contribution in [0, 0.1) is 0 Å². The van der Waals surface area contributed by atoms with Crippen LogP contribution in [0.4, 0.5) is 0 Å². The van der Waals surface area contributed by atoms with Crippen LogP contribution >= 0.6 is 23.2 Å². The van der Waals surface area contributed by atoms with Gasteiger partial charge in [0.05, 0.1) is 59.3 Å². The number of rotatable bonds is 12. The maximum Gasteiger partial charge on any atom is 0.342 e. The Labute approximate surface area is 789 Å². The zero-order valence-electron chi connectivity index (χ0n) is 76.4. The molecule has 0 aliphatic carbocycles. The van der Waals surface area contributed by atoms with E-state index in [0.717, 1.165) is 75.6 Å². The smallest absolute Gasteiger partial charge is 0.342 e. The summed E-state index contributed by atoms with van der Waals surface area (Å²) in [5.41, 5.74) is 2.22. The highest BCUT2D eigenvalue weighted by atomic mass is 35.5. The fourth-order valence-corrected chi connectivity index (χ4v) is 16.0. The van der Waals surface area contributed by atoms with E-state index >= 15 is 0 Å². The first-order chi connectivity index (χ1) is 64.3. The van der Waals surface area contributed by atoms with Gasteiger partial charge in [0.25, 0.3) is 23.6 Å². The summed E-state index contributed by atoms with van der Waals surface area (Å²) in [5.74, 6) is -6.44. The number of hydrogen-bond donors (Lipinski definition) is 8. The predicted molar refractivity (Wildman–Crippen MR) is 507 cm³/mol. The third kappa shape index (κ3) is 30.7. The molecule has 0 fully saturated rings. The number of halogens is 2. The highest BCUT2D eigenvalue weighted by Gasteiger charge is 2.34. The number of aromatic hydroxyl groups is 8. The minimum atomic E-state index is -0.760. The summed E-state index contributed by atoms with van der Waals surface area (Å²) in [6.07, 6.45) is 54.5. The molecule has 0 spiro atoms. The van der Waals surface area contributed by atoms with Crippen molar-refractivity contribution < 1.29 is 118 Å². The van der Waals surface area contributed by atoms with Crippen LogP contribution in [0.2, 0.25) is 10.0 Å². The number of carbonyl (C=O) groups excluding carboxylic acids is 8. The number of amides is 4. The summed E-state index contributed by atoms with van der Waals surface area (Å²) in [4.78, 5) is 129. The average Bonchev–Trinajstić information content (AvgIpc) is 1.04. The highest BCUT2D eigenvalue weighted by Crippen LogP contribution is 2.40. The molecule has 32 nitrogen and oxygen atoms in total. The van der Waals surface area contributed by atoms with Crippen molar-refractivity contribution in [1.82, 2.24) is 19.6 Å². The Balaban J connectivity index is 0.000000201. The number of carbonyl (C=O) groups is 8. The van der Waals surface area contributed by atoms with E-state index in [9.17, 15) is 79.2 Å². The molecule has 0 radical (unpaired) electrons. The third-order valence-corrected chi connectivity index (χ3v) is 22.9. The number of ether oxygens (including phenoxy) is 4. The van der Waals surface area contributed by atoms with Crippen LogP contribution in [0.1, 0.15) is 196 Å². The first-order valence-electron chi connectivity index (χ1n) is 44.6. The molecule has 716 valence electrons. The minimum Gasteiger partial charge on any atom is -0.508 e. The number of fused-ring (bicyclic) bond motifs is 4. The second kappa shape index (κ2) is 52.6. The van der Waals surface area contributed by atoms with Crippen LogP contribution in [0.25, 0.3) is 0 Å². The molecule has 8 aliphatic rings. The summed E-state index contributed by atoms with van der Waals surface area (Å²) in [6.45, 7) is 15.1. The van der Waals surface area contributed by atoms with Crippen molar-refractivity contribution in [3.8, 4) is 46.0 Å². The largest absolute Gasteiger partial charge is 0.508 e. The lowest BCUT2D eigenvalue weighted by molar-refractivity contribution is -0.138. The molecule has 4 aromatic rings. The summed E-state index contributed by atoms with van der Waals surface area (Å²) in [6, 6.07) is 6.84. The minimum absolute atomic E-state index is 0.00472. The van der Waals surface area contributed by atoms with Gasteiger partial charge in [0, 0.05) is 98.3 Å². The van der Waals surface area contributed by atoms with Crippen molar-refractivity contribution in [3.05, 3.63) is 237 Å². The van der Waals surface area contributed by atoms with Crippen molar-refractivity contribution in [2.75, 3.05) is 52.9 Å². The third-order valence-electron chi connectivity index (χ3n) is 22.1. The van der Waals surface area contributed by atoms with Gasteiger partial charge in [-0.1, -0.05) is 165 Å². The Morgan fingerprint density at radius 2 is 0.522 bits per heavy atom. The molecule has 34 heteroatoms. The molecule has 8 N–H and O–H groups in total. The first-order valence-corrected chi connectivity index (χ1v) is 45.3. The van der Waals surface area contributed by atoms with Crippen molar-refractivity contribution in [2.45, 2.75) is 206 Å². The molecular weight excluding hydrogens is 1770 g/mol. The number of phenolic OH excluding ortho intramolecular Hbond substituents is 8. The zero-order valence-corrected chi connectivity index (χ0v) is 77.9. The van der Waals surface area contributed by atoms with Gasteiger partial charge in [-0.25, -0.2) is 19.2 Å².